The molecule has 1 aromatic carbocycles. The topological polar surface area (TPSA) is 127 Å². The van der Waals surface area contributed by atoms with Crippen LogP contribution in [0.1, 0.15) is 36.2 Å². The number of aromatic amines is 1. The molecule has 3 N–H and O–H groups in total. The standard InChI is InChI=1S/C24H27N5O4/c1-33-20-4-2-3-18-17(20)10-19(28-18)24(32)29-12-14-5-6-16(14)21(29)23(31)27-15(11-25)9-13-7-8-26-22(13)30/h2-4,10,13-16,21,28H,5-9,12H2,1H3,(H,26,30)(H,27,31)/t13-,14-,15-,16-,21-/m0/s1. The van der Waals surface area contributed by atoms with Crippen molar-refractivity contribution in [3.63, 3.8) is 0 Å². The molecule has 0 spiro atoms. The summed E-state index contributed by atoms with van der Waals surface area (Å²) < 4.78 is 5.40. The average Bonchev–Trinajstić information content (AvgIpc) is 3.48. The van der Waals surface area contributed by atoms with Gasteiger partial charge in [0.25, 0.3) is 5.91 Å². The third-order valence-electron chi connectivity index (χ3n) is 7.41. The van der Waals surface area contributed by atoms with Gasteiger partial charge in [-0.15, -0.1) is 0 Å². The van der Waals surface area contributed by atoms with Crippen molar-refractivity contribution < 1.29 is 19.1 Å². The molecule has 9 nitrogen and oxygen atoms in total. The van der Waals surface area contributed by atoms with Crippen LogP contribution in [0.25, 0.3) is 10.9 Å². The molecule has 172 valence electrons. The minimum absolute atomic E-state index is 0.0736. The van der Waals surface area contributed by atoms with Gasteiger partial charge in [0.2, 0.25) is 11.8 Å². The summed E-state index contributed by atoms with van der Waals surface area (Å²) in [5.74, 6) is 0.184. The number of rotatable bonds is 6. The zero-order chi connectivity index (χ0) is 23.1. The van der Waals surface area contributed by atoms with E-state index in [0.717, 1.165) is 23.7 Å². The number of fused-ring (bicyclic) bond motifs is 2. The van der Waals surface area contributed by atoms with Crippen molar-refractivity contribution in [2.45, 2.75) is 37.8 Å². The number of ether oxygens (including phenoxy) is 1. The fourth-order valence-corrected chi connectivity index (χ4v) is 5.51. The van der Waals surface area contributed by atoms with E-state index >= 15 is 0 Å². The summed E-state index contributed by atoms with van der Waals surface area (Å²) in [6.07, 6.45) is 2.82. The fourth-order valence-electron chi connectivity index (χ4n) is 5.51. The van der Waals surface area contributed by atoms with E-state index in [1.165, 1.54) is 0 Å². The van der Waals surface area contributed by atoms with Crippen LogP contribution in [0.3, 0.4) is 0 Å². The first kappa shape index (κ1) is 21.3. The van der Waals surface area contributed by atoms with Crippen LogP contribution in [-0.4, -0.2) is 59.9 Å². The molecule has 5 atom stereocenters. The van der Waals surface area contributed by atoms with Crippen LogP contribution >= 0.6 is 0 Å². The number of carbonyl (C=O) groups is 3. The highest BCUT2D eigenvalue weighted by molar-refractivity contribution is 6.02. The Labute approximate surface area is 191 Å². The molecule has 3 fully saturated rings. The Balaban J connectivity index is 1.35. The largest absolute Gasteiger partial charge is 0.496 e. The number of nitriles is 1. The molecule has 1 saturated carbocycles. The van der Waals surface area contributed by atoms with E-state index in [1.54, 1.807) is 18.1 Å². The van der Waals surface area contributed by atoms with E-state index in [1.807, 2.05) is 18.2 Å². The van der Waals surface area contributed by atoms with Crippen molar-refractivity contribution >= 4 is 28.6 Å². The smallest absolute Gasteiger partial charge is 0.271 e. The van der Waals surface area contributed by atoms with Crippen LogP contribution in [0.15, 0.2) is 24.3 Å². The maximum atomic E-state index is 13.5. The van der Waals surface area contributed by atoms with Crippen LogP contribution in [0.5, 0.6) is 5.75 Å². The number of hydrogen-bond acceptors (Lipinski definition) is 5. The number of methoxy groups -OCH3 is 1. The number of carbonyl (C=O) groups excluding carboxylic acids is 3. The summed E-state index contributed by atoms with van der Waals surface area (Å²) in [5.41, 5.74) is 1.20. The van der Waals surface area contributed by atoms with E-state index in [9.17, 15) is 19.6 Å². The molecule has 3 amide bonds. The lowest BCUT2D eigenvalue weighted by Gasteiger charge is -2.33. The van der Waals surface area contributed by atoms with Crippen LogP contribution in [0, 0.1) is 29.1 Å². The summed E-state index contributed by atoms with van der Waals surface area (Å²) in [6, 6.07) is 8.07. The van der Waals surface area contributed by atoms with Crippen molar-refractivity contribution in [2.75, 3.05) is 20.2 Å². The van der Waals surface area contributed by atoms with Crippen molar-refractivity contribution in [3.8, 4) is 11.8 Å². The maximum absolute atomic E-state index is 13.5. The monoisotopic (exact) mass is 449 g/mol. The Morgan fingerprint density at radius 3 is 2.85 bits per heavy atom. The molecule has 3 aliphatic rings. The Bertz CT molecular complexity index is 1150. The van der Waals surface area contributed by atoms with E-state index in [4.69, 9.17) is 4.74 Å². The van der Waals surface area contributed by atoms with E-state index < -0.39 is 12.1 Å². The minimum Gasteiger partial charge on any atom is -0.496 e. The zero-order valence-corrected chi connectivity index (χ0v) is 18.5. The number of nitrogens with zero attached hydrogens (tertiary/aromatic N) is 2. The molecule has 3 heterocycles. The number of aromatic nitrogens is 1. The third kappa shape index (κ3) is 3.69. The van der Waals surface area contributed by atoms with Gasteiger partial charge in [0, 0.05) is 29.9 Å². The van der Waals surface area contributed by atoms with E-state index in [2.05, 4.69) is 21.7 Å². The van der Waals surface area contributed by atoms with Crippen molar-refractivity contribution in [2.24, 2.45) is 17.8 Å². The first-order chi connectivity index (χ1) is 16.0. The van der Waals surface area contributed by atoms with Crippen LogP contribution < -0.4 is 15.4 Å². The first-order valence-electron chi connectivity index (χ1n) is 11.4. The number of H-pyrrole nitrogens is 1. The Morgan fingerprint density at radius 2 is 2.18 bits per heavy atom. The van der Waals surface area contributed by atoms with Gasteiger partial charge in [-0.3, -0.25) is 14.4 Å². The molecule has 33 heavy (non-hydrogen) atoms. The van der Waals surface area contributed by atoms with E-state index in [-0.39, 0.29) is 36.0 Å². The summed E-state index contributed by atoms with van der Waals surface area (Å²) in [4.78, 5) is 43.5. The van der Waals surface area contributed by atoms with Gasteiger partial charge >= 0.3 is 0 Å². The number of hydrogen-bond donors (Lipinski definition) is 3. The Morgan fingerprint density at radius 1 is 1.33 bits per heavy atom. The van der Waals surface area contributed by atoms with Crippen LogP contribution in [-0.2, 0) is 9.59 Å². The van der Waals surface area contributed by atoms with Crippen molar-refractivity contribution in [1.29, 1.82) is 5.26 Å². The molecule has 1 aliphatic carbocycles. The number of amides is 3. The molecule has 9 heteroatoms. The Kier molecular flexibility index (Phi) is 5.44. The molecule has 2 aliphatic heterocycles. The van der Waals surface area contributed by atoms with Crippen LogP contribution in [0.4, 0.5) is 0 Å². The van der Waals surface area contributed by atoms with Gasteiger partial charge < -0.3 is 25.3 Å². The molecule has 5 rings (SSSR count). The zero-order valence-electron chi connectivity index (χ0n) is 18.5. The SMILES string of the molecule is COc1cccc2[nH]c(C(=O)N3C[C@@H]4CC[C@@H]4[C@H]3C(=O)N[C@H](C#N)C[C@@H]3CCNC3=O)cc12. The highest BCUT2D eigenvalue weighted by Crippen LogP contribution is 2.45. The molecular formula is C24H27N5O4. The molecule has 2 aromatic rings. The lowest BCUT2D eigenvalue weighted by Crippen LogP contribution is -2.52. The second-order valence-electron chi connectivity index (χ2n) is 9.21. The van der Waals surface area contributed by atoms with Gasteiger partial charge in [0.1, 0.15) is 23.5 Å². The molecule has 0 bridgehead atoms. The molecule has 0 radical (unpaired) electrons. The summed E-state index contributed by atoms with van der Waals surface area (Å²) >= 11 is 0. The third-order valence-corrected chi connectivity index (χ3v) is 7.41. The van der Waals surface area contributed by atoms with E-state index in [0.29, 0.717) is 36.9 Å². The average molecular weight is 450 g/mol. The highest BCUT2D eigenvalue weighted by atomic mass is 16.5. The lowest BCUT2D eigenvalue weighted by atomic mass is 9.73. The van der Waals surface area contributed by atoms with Gasteiger partial charge in [-0.05, 0) is 55.7 Å². The maximum Gasteiger partial charge on any atom is 0.271 e. The second-order valence-corrected chi connectivity index (χ2v) is 9.21. The lowest BCUT2D eigenvalue weighted by molar-refractivity contribution is -0.128. The van der Waals surface area contributed by atoms with Crippen molar-refractivity contribution in [1.82, 2.24) is 20.5 Å². The fraction of sp³-hybridized carbons (Fsp3) is 0.500. The quantitative estimate of drug-likeness (QED) is 0.617. The van der Waals surface area contributed by atoms with Gasteiger partial charge in [0.05, 0.1) is 13.2 Å². The van der Waals surface area contributed by atoms with Crippen molar-refractivity contribution in [3.05, 3.63) is 30.0 Å². The number of benzene rings is 1. The van der Waals surface area contributed by atoms with Crippen LogP contribution in [0.2, 0.25) is 0 Å². The predicted molar refractivity (Wildman–Crippen MR) is 119 cm³/mol. The van der Waals surface area contributed by atoms with Gasteiger partial charge in [-0.1, -0.05) is 6.07 Å². The normalized spacial score (nSPS) is 26.8. The second kappa shape index (κ2) is 8.43. The first-order valence-corrected chi connectivity index (χ1v) is 11.4. The number of nitrogens with one attached hydrogen (secondary N) is 3. The van der Waals surface area contributed by atoms with Gasteiger partial charge in [0.15, 0.2) is 0 Å². The van der Waals surface area contributed by atoms with Gasteiger partial charge in [-0.25, -0.2) is 0 Å². The molecule has 1 aromatic heterocycles. The number of likely N-dealkylation sites (tertiary alicyclic amines) is 1. The van der Waals surface area contributed by atoms with Gasteiger partial charge in [-0.2, -0.15) is 5.26 Å². The molecule has 2 saturated heterocycles. The Hall–Kier alpha value is -3.54. The summed E-state index contributed by atoms with van der Waals surface area (Å²) in [6.45, 7) is 1.12. The molecule has 0 unspecified atom stereocenters. The minimum atomic E-state index is -0.764. The summed E-state index contributed by atoms with van der Waals surface area (Å²) in [7, 11) is 1.59. The molecular weight excluding hydrogens is 422 g/mol. The summed E-state index contributed by atoms with van der Waals surface area (Å²) in [5, 5.41) is 16.0. The predicted octanol–water partition coefficient (Wildman–Crippen LogP) is 1.56. The highest BCUT2D eigenvalue weighted by Gasteiger charge is 2.52.